The molecule has 0 amide bonds. The molecule has 8 heavy (non-hydrogen) atoms. The fourth-order valence-electron chi connectivity index (χ4n) is 0. The molecule has 0 atom stereocenters. The Kier molecular flexibility index (Phi) is 2.18. The number of alkyl halides is 1. The molecule has 0 fully saturated rings. The molecule has 0 aliphatic heterocycles. The Labute approximate surface area is 58.2 Å². The molecule has 0 bridgehead atoms. The topological polar surface area (TPSA) is 34.1 Å². The van der Waals surface area contributed by atoms with Crippen molar-refractivity contribution in [3.63, 3.8) is 0 Å². The van der Waals surface area contributed by atoms with E-state index in [-0.39, 0.29) is 0 Å². The van der Waals surface area contributed by atoms with Crippen LogP contribution in [0.25, 0.3) is 0 Å². The van der Waals surface area contributed by atoms with E-state index in [2.05, 4.69) is 0 Å². The van der Waals surface area contributed by atoms with Crippen molar-refractivity contribution in [1.82, 2.24) is 0 Å². The molecule has 0 aromatic heterocycles. The fourth-order valence-corrected chi connectivity index (χ4v) is 0. The van der Waals surface area contributed by atoms with E-state index in [4.69, 9.17) is 22.3 Å². The second-order valence-electron chi connectivity index (χ2n) is 1.80. The molecule has 0 aliphatic rings. The Morgan fingerprint density at radius 1 is 1.38 bits per heavy atom. The van der Waals surface area contributed by atoms with Crippen molar-refractivity contribution in [2.75, 3.05) is 0 Å². The first-order valence-electron chi connectivity index (χ1n) is 1.88. The van der Waals surface area contributed by atoms with Gasteiger partial charge < -0.3 is 0 Å². The molecule has 0 aliphatic carbocycles. The predicted octanol–water partition coefficient (Wildman–Crippen LogP) is 1.53. The molecule has 2 nitrogen and oxygen atoms in total. The first kappa shape index (κ1) is 8.53. The highest BCUT2D eigenvalue weighted by atomic mass is 35.7. The van der Waals surface area contributed by atoms with Gasteiger partial charge in [0.2, 0.25) is 0 Å². The summed E-state index contributed by atoms with van der Waals surface area (Å²) in [6, 6.07) is 0. The van der Waals surface area contributed by atoms with Crippen LogP contribution < -0.4 is 0 Å². The number of rotatable bonds is 1. The molecule has 0 radical (unpaired) electrons. The van der Waals surface area contributed by atoms with E-state index in [1.165, 1.54) is 13.8 Å². The van der Waals surface area contributed by atoms with Gasteiger partial charge in [-0.15, -0.1) is 11.6 Å². The minimum absolute atomic E-state index is 1.32. The lowest BCUT2D eigenvalue weighted by Gasteiger charge is -2.08. The van der Waals surface area contributed by atoms with Crippen molar-refractivity contribution < 1.29 is 8.42 Å². The van der Waals surface area contributed by atoms with Crippen LogP contribution in [-0.2, 0) is 9.05 Å². The van der Waals surface area contributed by atoms with Crippen LogP contribution in [0.1, 0.15) is 13.8 Å². The predicted molar refractivity (Wildman–Crippen MR) is 34.7 cm³/mol. The zero-order valence-corrected chi connectivity index (χ0v) is 6.81. The van der Waals surface area contributed by atoms with Crippen LogP contribution in [0, 0.1) is 0 Å². The van der Waals surface area contributed by atoms with Crippen LogP contribution in [0.5, 0.6) is 0 Å². The zero-order chi connectivity index (χ0) is 7.00. The molecular weight excluding hydrogens is 171 g/mol. The zero-order valence-electron chi connectivity index (χ0n) is 4.48. The van der Waals surface area contributed by atoms with Gasteiger partial charge >= 0.3 is 0 Å². The van der Waals surface area contributed by atoms with Crippen LogP contribution in [-0.4, -0.2) is 12.6 Å². The highest BCUT2D eigenvalue weighted by Crippen LogP contribution is 2.24. The Morgan fingerprint density at radius 3 is 1.50 bits per heavy atom. The molecule has 0 rings (SSSR count). The van der Waals surface area contributed by atoms with Crippen molar-refractivity contribution >= 4 is 31.3 Å². The minimum atomic E-state index is -3.60. The molecule has 0 spiro atoms. The molecule has 0 aromatic rings. The van der Waals surface area contributed by atoms with E-state index < -0.39 is 13.3 Å². The molecule has 0 saturated heterocycles. The van der Waals surface area contributed by atoms with Crippen LogP contribution >= 0.6 is 22.3 Å². The van der Waals surface area contributed by atoms with Gasteiger partial charge in [-0.05, 0) is 13.8 Å². The third-order valence-electron chi connectivity index (χ3n) is 0.580. The number of hydrogen-bond donors (Lipinski definition) is 0. The second-order valence-corrected chi connectivity index (χ2v) is 6.09. The monoisotopic (exact) mass is 176 g/mol. The third-order valence-corrected chi connectivity index (χ3v) is 3.74. The van der Waals surface area contributed by atoms with Crippen LogP contribution in [0.15, 0.2) is 0 Å². The maximum absolute atomic E-state index is 10.3. The third kappa shape index (κ3) is 2.20. The highest BCUT2D eigenvalue weighted by Gasteiger charge is 2.28. The second kappa shape index (κ2) is 2.05. The van der Waals surface area contributed by atoms with Gasteiger partial charge in [0.25, 0.3) is 9.05 Å². The summed E-state index contributed by atoms with van der Waals surface area (Å²) in [6.07, 6.45) is 0. The summed E-state index contributed by atoms with van der Waals surface area (Å²) >= 11 is 5.29. The Balaban J connectivity index is 4.53. The van der Waals surface area contributed by atoms with E-state index in [1.54, 1.807) is 0 Å². The van der Waals surface area contributed by atoms with Gasteiger partial charge in [-0.3, -0.25) is 0 Å². The van der Waals surface area contributed by atoms with Crippen molar-refractivity contribution in [2.24, 2.45) is 0 Å². The van der Waals surface area contributed by atoms with Gasteiger partial charge in [0, 0.05) is 10.7 Å². The first-order valence-corrected chi connectivity index (χ1v) is 4.57. The molecule has 0 saturated carbocycles. The van der Waals surface area contributed by atoms with Gasteiger partial charge in [-0.1, -0.05) is 0 Å². The SMILES string of the molecule is CC(C)(Cl)S(=O)(=O)Cl. The van der Waals surface area contributed by atoms with Crippen molar-refractivity contribution in [3.8, 4) is 0 Å². The smallest absolute Gasteiger partial charge is 0.210 e. The highest BCUT2D eigenvalue weighted by molar-refractivity contribution is 8.15. The molecular formula is C3H6Cl2O2S. The van der Waals surface area contributed by atoms with E-state index >= 15 is 0 Å². The van der Waals surface area contributed by atoms with Crippen molar-refractivity contribution in [2.45, 2.75) is 18.1 Å². The Hall–Kier alpha value is 0.530. The maximum atomic E-state index is 10.3. The van der Waals surface area contributed by atoms with Gasteiger partial charge in [0.05, 0.1) is 0 Å². The van der Waals surface area contributed by atoms with Gasteiger partial charge in [-0.2, -0.15) is 0 Å². The lowest BCUT2D eigenvalue weighted by atomic mass is 10.6. The fraction of sp³-hybridized carbons (Fsp3) is 1.00. The van der Waals surface area contributed by atoms with Gasteiger partial charge in [0.1, 0.15) is 0 Å². The average molecular weight is 177 g/mol. The van der Waals surface area contributed by atoms with E-state index in [0.717, 1.165) is 0 Å². The minimum Gasteiger partial charge on any atom is -0.210 e. The summed E-state index contributed by atoms with van der Waals surface area (Å²) in [4.78, 5) is 0. The lowest BCUT2D eigenvalue weighted by Crippen LogP contribution is -2.18. The molecule has 0 aromatic carbocycles. The normalized spacial score (nSPS) is 14.0. The maximum Gasteiger partial charge on any atom is 0.251 e. The Bertz CT molecular complexity index is 164. The molecule has 50 valence electrons. The summed E-state index contributed by atoms with van der Waals surface area (Å²) in [7, 11) is 1.25. The molecule has 0 N–H and O–H groups in total. The number of hydrogen-bond acceptors (Lipinski definition) is 2. The first-order chi connectivity index (χ1) is 3.25. The van der Waals surface area contributed by atoms with Gasteiger partial charge in [-0.25, -0.2) is 8.42 Å². The van der Waals surface area contributed by atoms with Crippen LogP contribution in [0.4, 0.5) is 0 Å². The van der Waals surface area contributed by atoms with E-state index in [9.17, 15) is 8.42 Å². The van der Waals surface area contributed by atoms with E-state index in [1.807, 2.05) is 0 Å². The summed E-state index contributed by atoms with van der Waals surface area (Å²) in [5.74, 6) is 0. The van der Waals surface area contributed by atoms with Crippen LogP contribution in [0.3, 0.4) is 0 Å². The van der Waals surface area contributed by atoms with Crippen molar-refractivity contribution in [1.29, 1.82) is 0 Å². The summed E-state index contributed by atoms with van der Waals surface area (Å²) < 4.78 is 19.2. The molecule has 0 unspecified atom stereocenters. The van der Waals surface area contributed by atoms with Crippen LogP contribution in [0.2, 0.25) is 0 Å². The summed E-state index contributed by atoms with van der Waals surface area (Å²) in [6.45, 7) is 2.63. The lowest BCUT2D eigenvalue weighted by molar-refractivity contribution is 0.595. The average Bonchev–Trinajstić information content (AvgIpc) is 1.25. The molecule has 5 heteroatoms. The van der Waals surface area contributed by atoms with E-state index in [0.29, 0.717) is 0 Å². The largest absolute Gasteiger partial charge is 0.251 e. The van der Waals surface area contributed by atoms with Gasteiger partial charge in [0.15, 0.2) is 4.21 Å². The quantitative estimate of drug-likeness (QED) is 0.449. The molecule has 0 heterocycles. The standard InChI is InChI=1S/C3H6Cl2O2S/c1-3(2,4)8(5,6)7/h1-2H3. The number of halogens is 2. The summed E-state index contributed by atoms with van der Waals surface area (Å²) in [5, 5.41) is 0. The van der Waals surface area contributed by atoms with Crippen molar-refractivity contribution in [3.05, 3.63) is 0 Å². The summed E-state index contributed by atoms with van der Waals surface area (Å²) in [5.41, 5.74) is 0. The Morgan fingerprint density at radius 2 is 1.50 bits per heavy atom.